The van der Waals surface area contributed by atoms with Gasteiger partial charge in [-0.05, 0) is 12.1 Å². The molecule has 0 fully saturated rings. The first-order valence-corrected chi connectivity index (χ1v) is 3.20. The van der Waals surface area contributed by atoms with Gasteiger partial charge in [-0.3, -0.25) is 0 Å². The van der Waals surface area contributed by atoms with E-state index in [0.717, 1.165) is 5.46 Å². The lowest BCUT2D eigenvalue weighted by atomic mass is 9.95. The lowest BCUT2D eigenvalue weighted by Crippen LogP contribution is -2.05. The molecule has 0 saturated carbocycles. The Morgan fingerprint density at radius 1 is 1.22 bits per heavy atom. The van der Waals surface area contributed by atoms with E-state index in [1.165, 1.54) is 0 Å². The third kappa shape index (κ3) is 1.65. The van der Waals surface area contributed by atoms with Crippen LogP contribution in [0.1, 0.15) is 0 Å². The average Bonchev–Trinajstić information content (AvgIpc) is 1.90. The molecule has 0 atom stereocenters. The second kappa shape index (κ2) is 2.78. The van der Waals surface area contributed by atoms with Crippen molar-refractivity contribution in [2.75, 3.05) is 0 Å². The van der Waals surface area contributed by atoms with E-state index < -0.39 is 0 Å². The van der Waals surface area contributed by atoms with E-state index in [-0.39, 0.29) is 5.75 Å². The Kier molecular flexibility index (Phi) is 2.01. The van der Waals surface area contributed by atoms with Gasteiger partial charge in [0.2, 0.25) is 0 Å². The van der Waals surface area contributed by atoms with Crippen LogP contribution >= 0.6 is 11.5 Å². The summed E-state index contributed by atoms with van der Waals surface area (Å²) in [6.07, 6.45) is 0. The molecule has 0 aromatic heterocycles. The Hall–Kier alpha value is -0.625. The number of halogens is 1. The first-order chi connectivity index (χ1) is 4.33. The predicted molar refractivity (Wildman–Crippen MR) is 40.7 cm³/mol. The second-order valence-electron chi connectivity index (χ2n) is 1.80. The van der Waals surface area contributed by atoms with Gasteiger partial charge in [-0.1, -0.05) is 17.6 Å². The van der Waals surface area contributed by atoms with Crippen molar-refractivity contribution in [1.29, 1.82) is 0 Å². The van der Waals surface area contributed by atoms with Gasteiger partial charge in [0, 0.05) is 0 Å². The van der Waals surface area contributed by atoms with Crippen LogP contribution in [0.4, 0.5) is 0 Å². The van der Waals surface area contributed by atoms with E-state index in [2.05, 4.69) is 0 Å². The van der Waals surface area contributed by atoms with Crippen LogP contribution in [0.15, 0.2) is 24.3 Å². The number of phenols is 1. The molecule has 0 aliphatic heterocycles. The van der Waals surface area contributed by atoms with Crippen LogP contribution < -0.4 is 5.46 Å². The minimum Gasteiger partial charge on any atom is -0.508 e. The van der Waals surface area contributed by atoms with Gasteiger partial charge in [-0.25, -0.2) is 0 Å². The Morgan fingerprint density at radius 2 is 1.78 bits per heavy atom. The van der Waals surface area contributed by atoms with Crippen molar-refractivity contribution < 1.29 is 5.11 Å². The van der Waals surface area contributed by atoms with Gasteiger partial charge >= 0.3 is 0 Å². The van der Waals surface area contributed by atoms with Gasteiger partial charge in [0.05, 0.1) is 0 Å². The maximum atomic E-state index is 8.81. The molecule has 1 rings (SSSR count). The Morgan fingerprint density at radius 3 is 2.22 bits per heavy atom. The number of phenolic OH excluding ortho intramolecular Hbond substituents is 1. The summed E-state index contributed by atoms with van der Waals surface area (Å²) in [4.78, 5) is 0. The fraction of sp³-hybridized carbons (Fsp3) is 0. The van der Waals surface area contributed by atoms with Crippen LogP contribution in [0, 0.1) is 0 Å². The van der Waals surface area contributed by atoms with Gasteiger partial charge in [0.1, 0.15) is 5.75 Å². The van der Waals surface area contributed by atoms with E-state index in [9.17, 15) is 0 Å². The van der Waals surface area contributed by atoms with Gasteiger partial charge in [-0.15, -0.1) is 0 Å². The molecule has 0 amide bonds. The molecule has 1 aromatic rings. The molecule has 0 heterocycles. The Balaban J connectivity index is 2.88. The molecule has 1 nitrogen and oxygen atoms in total. The number of benzene rings is 1. The van der Waals surface area contributed by atoms with Gasteiger partial charge in [-0.2, -0.15) is 11.5 Å². The zero-order chi connectivity index (χ0) is 6.69. The molecule has 0 bridgehead atoms. The molecule has 1 aromatic carbocycles. The summed E-state index contributed by atoms with van der Waals surface area (Å²) >= 11 is 5.50. The molecule has 0 radical (unpaired) electrons. The standard InChI is InChI=1S/C6H6BClO/c8-7-5-1-3-6(9)4-2-5/h1-4,7,9H. The van der Waals surface area contributed by atoms with Crippen molar-refractivity contribution >= 4 is 23.6 Å². The van der Waals surface area contributed by atoms with Crippen molar-refractivity contribution in [1.82, 2.24) is 0 Å². The van der Waals surface area contributed by atoms with Crippen molar-refractivity contribution in [3.8, 4) is 5.75 Å². The molecular formula is C6H6BClO. The molecule has 0 saturated heterocycles. The predicted octanol–water partition coefficient (Wildman–Crippen LogP) is 0.608. The van der Waals surface area contributed by atoms with E-state index in [1.807, 2.05) is 0 Å². The van der Waals surface area contributed by atoms with E-state index in [1.54, 1.807) is 24.3 Å². The summed E-state index contributed by atoms with van der Waals surface area (Å²) < 4.78 is 0. The molecule has 46 valence electrons. The third-order valence-electron chi connectivity index (χ3n) is 1.09. The molecule has 0 unspecified atom stereocenters. The maximum absolute atomic E-state index is 8.81. The highest BCUT2D eigenvalue weighted by molar-refractivity contribution is 7.01. The quantitative estimate of drug-likeness (QED) is 0.567. The average molecular weight is 140 g/mol. The van der Waals surface area contributed by atoms with Gasteiger partial charge < -0.3 is 5.11 Å². The van der Waals surface area contributed by atoms with Crippen LogP contribution in [-0.2, 0) is 0 Å². The molecule has 3 heteroatoms. The van der Waals surface area contributed by atoms with Crippen molar-refractivity contribution in [2.45, 2.75) is 0 Å². The molecule has 9 heavy (non-hydrogen) atoms. The Bertz CT molecular complexity index is 185. The third-order valence-corrected chi connectivity index (χ3v) is 1.40. The summed E-state index contributed by atoms with van der Waals surface area (Å²) in [5.74, 6) is 0.281. The minimum atomic E-state index is 0.281. The normalized spacial score (nSPS) is 9.00. The van der Waals surface area contributed by atoms with Crippen LogP contribution in [0.2, 0.25) is 0 Å². The molecule has 0 aliphatic rings. The Labute approximate surface area is 59.4 Å². The second-order valence-corrected chi connectivity index (χ2v) is 2.07. The van der Waals surface area contributed by atoms with Crippen LogP contribution in [0.5, 0.6) is 5.75 Å². The van der Waals surface area contributed by atoms with Crippen molar-refractivity contribution in [2.24, 2.45) is 0 Å². The first-order valence-electron chi connectivity index (χ1n) is 2.67. The number of hydrogen-bond acceptors (Lipinski definition) is 1. The summed E-state index contributed by atoms with van der Waals surface area (Å²) in [6, 6.07) is 6.83. The summed E-state index contributed by atoms with van der Waals surface area (Å²) in [6.45, 7) is 0.500. The van der Waals surface area contributed by atoms with E-state index in [4.69, 9.17) is 16.6 Å². The highest BCUT2D eigenvalue weighted by Crippen LogP contribution is 2.02. The zero-order valence-corrected chi connectivity index (χ0v) is 5.60. The highest BCUT2D eigenvalue weighted by Gasteiger charge is 1.89. The molecule has 1 N–H and O–H groups in total. The van der Waals surface area contributed by atoms with Crippen molar-refractivity contribution in [3.63, 3.8) is 0 Å². The smallest absolute Gasteiger partial charge is 0.265 e. The van der Waals surface area contributed by atoms with Crippen LogP contribution in [0.25, 0.3) is 0 Å². The summed E-state index contributed by atoms with van der Waals surface area (Å²) in [5.41, 5.74) is 1.02. The maximum Gasteiger partial charge on any atom is 0.265 e. The van der Waals surface area contributed by atoms with E-state index in [0.29, 0.717) is 6.69 Å². The summed E-state index contributed by atoms with van der Waals surface area (Å²) in [7, 11) is 0. The van der Waals surface area contributed by atoms with E-state index >= 15 is 0 Å². The minimum absolute atomic E-state index is 0.281. The van der Waals surface area contributed by atoms with Crippen LogP contribution in [-0.4, -0.2) is 11.8 Å². The van der Waals surface area contributed by atoms with Gasteiger partial charge in [0.15, 0.2) is 0 Å². The first kappa shape index (κ1) is 6.49. The summed E-state index contributed by atoms with van der Waals surface area (Å²) in [5, 5.41) is 8.81. The number of hydrogen-bond donors (Lipinski definition) is 1. The molecular weight excluding hydrogens is 134 g/mol. The number of rotatable bonds is 1. The molecule has 0 aliphatic carbocycles. The fourth-order valence-corrected chi connectivity index (χ4v) is 0.763. The van der Waals surface area contributed by atoms with Crippen LogP contribution in [0.3, 0.4) is 0 Å². The largest absolute Gasteiger partial charge is 0.508 e. The number of aromatic hydroxyl groups is 1. The lowest BCUT2D eigenvalue weighted by Gasteiger charge is -1.91. The molecule has 0 spiro atoms. The zero-order valence-electron chi connectivity index (χ0n) is 4.84. The monoisotopic (exact) mass is 140 g/mol. The van der Waals surface area contributed by atoms with Crippen molar-refractivity contribution in [3.05, 3.63) is 24.3 Å². The highest BCUT2D eigenvalue weighted by atomic mass is 35.5. The van der Waals surface area contributed by atoms with Gasteiger partial charge in [0.25, 0.3) is 6.69 Å². The topological polar surface area (TPSA) is 20.2 Å². The fourth-order valence-electron chi connectivity index (χ4n) is 0.585. The lowest BCUT2D eigenvalue weighted by molar-refractivity contribution is 0.475. The SMILES string of the molecule is Oc1ccc(BCl)cc1.